The molecular formula is C27H27N3O3S. The van der Waals surface area contributed by atoms with Crippen molar-refractivity contribution < 1.29 is 13.3 Å². The summed E-state index contributed by atoms with van der Waals surface area (Å²) in [6, 6.07) is 19.3. The number of hydrogen-bond acceptors (Lipinski definition) is 4. The van der Waals surface area contributed by atoms with Gasteiger partial charge >= 0.3 is 0 Å². The molecule has 2 aromatic carbocycles. The smallest absolute Gasteiger partial charge is 0.178 e. The third kappa shape index (κ3) is 4.07. The van der Waals surface area contributed by atoms with Crippen LogP contribution in [-0.2, 0) is 16.4 Å². The maximum atomic E-state index is 12.5. The summed E-state index contributed by atoms with van der Waals surface area (Å²) in [6.07, 6.45) is 6.79. The zero-order chi connectivity index (χ0) is 23.7. The van der Waals surface area contributed by atoms with Gasteiger partial charge in [0.25, 0.3) is 0 Å². The Morgan fingerprint density at radius 2 is 1.79 bits per heavy atom. The molecule has 3 aromatic heterocycles. The second-order valence-corrected chi connectivity index (χ2v) is 10.7. The van der Waals surface area contributed by atoms with Gasteiger partial charge in [-0.1, -0.05) is 31.2 Å². The van der Waals surface area contributed by atoms with Gasteiger partial charge in [-0.05, 0) is 60.0 Å². The van der Waals surface area contributed by atoms with Gasteiger partial charge in [-0.25, -0.2) is 13.4 Å². The van der Waals surface area contributed by atoms with Gasteiger partial charge in [-0.3, -0.25) is 0 Å². The van der Waals surface area contributed by atoms with Gasteiger partial charge < -0.3 is 9.40 Å². The van der Waals surface area contributed by atoms with Crippen LogP contribution in [0.15, 0.2) is 84.1 Å². The molecule has 0 aliphatic heterocycles. The first-order valence-corrected chi connectivity index (χ1v) is 13.1. The predicted octanol–water partition coefficient (Wildman–Crippen LogP) is 5.28. The highest BCUT2D eigenvalue weighted by Gasteiger charge is 2.18. The lowest BCUT2D eigenvalue weighted by Crippen LogP contribution is -2.14. The van der Waals surface area contributed by atoms with Crippen LogP contribution in [0, 0.1) is 6.92 Å². The van der Waals surface area contributed by atoms with Gasteiger partial charge in [-0.15, -0.1) is 0 Å². The van der Waals surface area contributed by atoms with Gasteiger partial charge in [0, 0.05) is 42.3 Å². The Kier molecular flexibility index (Phi) is 5.87. The average Bonchev–Trinajstić information content (AvgIpc) is 3.48. The zero-order valence-corrected chi connectivity index (χ0v) is 20.1. The SMILES string of the molecule is CCS(=O)(=O)c1cccc(-c2cccc3c2c2cc(C)cnc2n3OCCCn2cccc2)c1. The van der Waals surface area contributed by atoms with Crippen molar-refractivity contribution in [2.45, 2.75) is 31.7 Å². The number of benzene rings is 2. The molecule has 5 aromatic rings. The van der Waals surface area contributed by atoms with E-state index < -0.39 is 9.84 Å². The Bertz CT molecular complexity index is 1570. The van der Waals surface area contributed by atoms with Crippen LogP contribution in [0.4, 0.5) is 0 Å². The van der Waals surface area contributed by atoms with Crippen LogP contribution in [0.2, 0.25) is 0 Å². The van der Waals surface area contributed by atoms with Crippen molar-refractivity contribution in [3.05, 3.63) is 84.8 Å². The van der Waals surface area contributed by atoms with Crippen LogP contribution in [0.25, 0.3) is 33.1 Å². The summed E-state index contributed by atoms with van der Waals surface area (Å²) in [5, 5.41) is 1.99. The molecule has 0 aliphatic carbocycles. The normalized spacial score (nSPS) is 11.9. The molecule has 0 fully saturated rings. The molecule has 0 saturated heterocycles. The lowest BCUT2D eigenvalue weighted by atomic mass is 10.00. The third-order valence-electron chi connectivity index (χ3n) is 6.06. The van der Waals surface area contributed by atoms with E-state index in [1.807, 2.05) is 66.6 Å². The van der Waals surface area contributed by atoms with Crippen LogP contribution >= 0.6 is 0 Å². The van der Waals surface area contributed by atoms with Crippen molar-refractivity contribution >= 4 is 31.8 Å². The van der Waals surface area contributed by atoms with Gasteiger partial charge in [0.05, 0.1) is 16.2 Å². The molecule has 0 aliphatic rings. The first kappa shape index (κ1) is 22.2. The number of aryl methyl sites for hydroxylation is 2. The van der Waals surface area contributed by atoms with Crippen LogP contribution in [0.5, 0.6) is 0 Å². The summed E-state index contributed by atoms with van der Waals surface area (Å²) in [7, 11) is -3.30. The highest BCUT2D eigenvalue weighted by Crippen LogP contribution is 2.36. The molecule has 5 rings (SSSR count). The molecule has 3 heterocycles. The molecule has 0 bridgehead atoms. The summed E-state index contributed by atoms with van der Waals surface area (Å²) < 4.78 is 29.0. The quantitative estimate of drug-likeness (QED) is 0.288. The van der Waals surface area contributed by atoms with Crippen molar-refractivity contribution in [2.75, 3.05) is 12.4 Å². The molecule has 0 amide bonds. The molecule has 0 atom stereocenters. The fourth-order valence-corrected chi connectivity index (χ4v) is 5.26. The molecule has 0 N–H and O–H groups in total. The third-order valence-corrected chi connectivity index (χ3v) is 7.79. The van der Waals surface area contributed by atoms with Crippen molar-refractivity contribution in [1.82, 2.24) is 14.3 Å². The second-order valence-electron chi connectivity index (χ2n) is 8.42. The second kappa shape index (κ2) is 8.99. The van der Waals surface area contributed by atoms with Gasteiger partial charge in [0.2, 0.25) is 0 Å². The molecule has 0 radical (unpaired) electrons. The highest BCUT2D eigenvalue weighted by molar-refractivity contribution is 7.91. The number of nitrogens with zero attached hydrogens (tertiary/aromatic N) is 3. The molecule has 34 heavy (non-hydrogen) atoms. The van der Waals surface area contributed by atoms with E-state index in [0.29, 0.717) is 11.5 Å². The minimum absolute atomic E-state index is 0.0694. The Morgan fingerprint density at radius 1 is 1.00 bits per heavy atom. The van der Waals surface area contributed by atoms with E-state index in [9.17, 15) is 8.42 Å². The molecule has 7 heteroatoms. The maximum absolute atomic E-state index is 12.5. The van der Waals surface area contributed by atoms with Crippen LogP contribution in [-0.4, -0.2) is 35.1 Å². The number of pyridine rings is 1. The molecule has 174 valence electrons. The molecule has 0 unspecified atom stereocenters. The Labute approximate surface area is 199 Å². The van der Waals surface area contributed by atoms with Crippen LogP contribution < -0.4 is 4.84 Å². The minimum atomic E-state index is -3.30. The van der Waals surface area contributed by atoms with Crippen LogP contribution in [0.3, 0.4) is 0 Å². The summed E-state index contributed by atoms with van der Waals surface area (Å²) in [5.41, 5.74) is 4.53. The monoisotopic (exact) mass is 473 g/mol. The number of sulfone groups is 1. The van der Waals surface area contributed by atoms with Crippen molar-refractivity contribution in [2.24, 2.45) is 0 Å². The number of rotatable bonds is 8. The van der Waals surface area contributed by atoms with E-state index in [1.54, 1.807) is 25.1 Å². The minimum Gasteiger partial charge on any atom is -0.412 e. The van der Waals surface area contributed by atoms with Gasteiger partial charge in [0.15, 0.2) is 15.5 Å². The van der Waals surface area contributed by atoms with Gasteiger partial charge in [0.1, 0.15) is 6.61 Å². The van der Waals surface area contributed by atoms with E-state index in [0.717, 1.165) is 51.6 Å². The Morgan fingerprint density at radius 3 is 2.59 bits per heavy atom. The fraction of sp³-hybridized carbons (Fsp3) is 0.222. The summed E-state index contributed by atoms with van der Waals surface area (Å²) in [6.45, 7) is 5.10. The number of hydrogen-bond donors (Lipinski definition) is 0. The van der Waals surface area contributed by atoms with Crippen molar-refractivity contribution in [3.8, 4) is 11.1 Å². The standard InChI is InChI=1S/C27H27N3O3S/c1-3-34(31,32)22-10-6-9-21(18-22)23-11-7-12-25-26(23)24-17-20(2)19-28-27(24)30(25)33-16-8-15-29-13-4-5-14-29/h4-7,9-14,17-19H,3,8,15-16H2,1-2H3. The number of fused-ring (bicyclic) bond motifs is 3. The van der Waals surface area contributed by atoms with Crippen LogP contribution in [0.1, 0.15) is 18.9 Å². The van der Waals surface area contributed by atoms with E-state index >= 15 is 0 Å². The lowest BCUT2D eigenvalue weighted by Gasteiger charge is -2.11. The molecular weight excluding hydrogens is 446 g/mol. The summed E-state index contributed by atoms with van der Waals surface area (Å²) in [5.74, 6) is 0.0694. The summed E-state index contributed by atoms with van der Waals surface area (Å²) in [4.78, 5) is 11.3. The lowest BCUT2D eigenvalue weighted by molar-refractivity contribution is 0.123. The van der Waals surface area contributed by atoms with E-state index in [4.69, 9.17) is 4.84 Å². The van der Waals surface area contributed by atoms with Crippen molar-refractivity contribution in [3.63, 3.8) is 0 Å². The van der Waals surface area contributed by atoms with E-state index in [1.165, 1.54) is 0 Å². The number of aromatic nitrogens is 3. The van der Waals surface area contributed by atoms with E-state index in [2.05, 4.69) is 15.6 Å². The predicted molar refractivity (Wildman–Crippen MR) is 136 cm³/mol. The van der Waals surface area contributed by atoms with Crippen molar-refractivity contribution in [1.29, 1.82) is 0 Å². The average molecular weight is 474 g/mol. The first-order valence-electron chi connectivity index (χ1n) is 11.4. The maximum Gasteiger partial charge on any atom is 0.178 e. The largest absolute Gasteiger partial charge is 0.412 e. The molecule has 0 spiro atoms. The molecule has 6 nitrogen and oxygen atoms in total. The zero-order valence-electron chi connectivity index (χ0n) is 19.3. The van der Waals surface area contributed by atoms with Gasteiger partial charge in [-0.2, -0.15) is 4.73 Å². The fourth-order valence-electron chi connectivity index (χ4n) is 4.33. The van der Waals surface area contributed by atoms with E-state index in [-0.39, 0.29) is 5.75 Å². The Balaban J connectivity index is 1.60. The summed E-state index contributed by atoms with van der Waals surface area (Å²) >= 11 is 0. The topological polar surface area (TPSA) is 66.1 Å². The molecule has 0 saturated carbocycles. The Hall–Kier alpha value is -3.58. The first-order chi connectivity index (χ1) is 16.5. The highest BCUT2D eigenvalue weighted by atomic mass is 32.2.